The Labute approximate surface area is 144 Å². The molecule has 2 N–H and O–H groups in total. The van der Waals surface area contributed by atoms with Crippen molar-refractivity contribution in [2.24, 2.45) is 0 Å². The van der Waals surface area contributed by atoms with Gasteiger partial charge in [-0.15, -0.1) is 12.4 Å². The van der Waals surface area contributed by atoms with Gasteiger partial charge in [0, 0.05) is 18.2 Å². The third kappa shape index (κ3) is 5.92. The maximum Gasteiger partial charge on any atom is 0.251 e. The lowest BCUT2D eigenvalue weighted by Crippen LogP contribution is -2.45. The molecule has 6 heteroatoms. The van der Waals surface area contributed by atoms with Crippen LogP contribution in [0.5, 0.6) is 11.5 Å². The quantitative estimate of drug-likeness (QED) is 0.800. The number of ether oxygens (including phenoxy) is 2. The van der Waals surface area contributed by atoms with E-state index in [0.29, 0.717) is 30.3 Å². The number of amides is 1. The molecular weight excluding hydrogens is 316 g/mol. The molecule has 0 spiro atoms. The molecular formula is C17H27ClN2O3. The molecule has 5 nitrogen and oxygen atoms in total. The van der Waals surface area contributed by atoms with Crippen LogP contribution in [0.15, 0.2) is 18.2 Å². The van der Waals surface area contributed by atoms with Gasteiger partial charge in [-0.3, -0.25) is 4.79 Å². The second-order valence-electron chi connectivity index (χ2n) is 5.46. The fraction of sp³-hybridized carbons (Fsp3) is 0.588. The van der Waals surface area contributed by atoms with Crippen LogP contribution >= 0.6 is 12.4 Å². The van der Waals surface area contributed by atoms with Crippen LogP contribution in [0, 0.1) is 0 Å². The van der Waals surface area contributed by atoms with E-state index in [1.807, 2.05) is 13.0 Å². The van der Waals surface area contributed by atoms with Gasteiger partial charge in [0.2, 0.25) is 0 Å². The minimum Gasteiger partial charge on any atom is -0.490 e. The summed E-state index contributed by atoms with van der Waals surface area (Å²) < 4.78 is 11.3. The van der Waals surface area contributed by atoms with Crippen molar-refractivity contribution in [3.8, 4) is 11.5 Å². The normalized spacial score (nSPS) is 17.0. The number of hydrogen-bond donors (Lipinski definition) is 2. The molecule has 1 amide bonds. The number of halogens is 1. The molecule has 0 aromatic heterocycles. The topological polar surface area (TPSA) is 59.6 Å². The Hall–Kier alpha value is -1.46. The summed E-state index contributed by atoms with van der Waals surface area (Å²) in [6, 6.07) is 5.57. The number of benzene rings is 1. The molecule has 1 aliphatic heterocycles. The number of nitrogens with one attached hydrogen (secondary N) is 2. The maximum absolute atomic E-state index is 12.4. The van der Waals surface area contributed by atoms with Crippen molar-refractivity contribution in [2.45, 2.75) is 39.2 Å². The Bertz CT molecular complexity index is 491. The van der Waals surface area contributed by atoms with Crippen LogP contribution in [-0.4, -0.2) is 38.3 Å². The Balaban J connectivity index is 0.00000264. The van der Waals surface area contributed by atoms with E-state index in [1.54, 1.807) is 12.1 Å². The summed E-state index contributed by atoms with van der Waals surface area (Å²) in [5, 5.41) is 6.37. The summed E-state index contributed by atoms with van der Waals surface area (Å²) in [5.74, 6) is 1.27. The summed E-state index contributed by atoms with van der Waals surface area (Å²) in [4.78, 5) is 12.4. The van der Waals surface area contributed by atoms with Crippen molar-refractivity contribution < 1.29 is 14.3 Å². The summed E-state index contributed by atoms with van der Waals surface area (Å²) in [5.41, 5.74) is 0.609. The first-order valence-electron chi connectivity index (χ1n) is 8.15. The van der Waals surface area contributed by atoms with Crippen molar-refractivity contribution in [1.82, 2.24) is 10.6 Å². The summed E-state index contributed by atoms with van der Waals surface area (Å²) in [6.07, 6.45) is 3.05. The van der Waals surface area contributed by atoms with E-state index in [-0.39, 0.29) is 24.4 Å². The average molecular weight is 343 g/mol. The summed E-state index contributed by atoms with van der Waals surface area (Å²) in [7, 11) is 0. The SMILES string of the molecule is CCCOc1ccc(C(=O)NC2CCCNC2)cc1OCC.Cl. The molecule has 1 aromatic carbocycles. The standard InChI is InChI=1S/C17H26N2O3.ClH/c1-3-10-22-15-8-7-13(11-16(15)21-4-2)17(20)19-14-6-5-9-18-12-14;/h7-8,11,14,18H,3-6,9-10,12H2,1-2H3,(H,19,20);1H. The highest BCUT2D eigenvalue weighted by Gasteiger charge is 2.17. The minimum atomic E-state index is -0.0586. The van der Waals surface area contributed by atoms with E-state index < -0.39 is 0 Å². The van der Waals surface area contributed by atoms with Crippen LogP contribution in [0.1, 0.15) is 43.5 Å². The van der Waals surface area contributed by atoms with Crippen LogP contribution in [-0.2, 0) is 0 Å². The average Bonchev–Trinajstić information content (AvgIpc) is 2.55. The largest absolute Gasteiger partial charge is 0.490 e. The van der Waals surface area contributed by atoms with Crippen LogP contribution < -0.4 is 20.1 Å². The number of carbonyl (C=O) groups is 1. The van der Waals surface area contributed by atoms with Gasteiger partial charge in [0.15, 0.2) is 11.5 Å². The van der Waals surface area contributed by atoms with Crippen LogP contribution in [0.3, 0.4) is 0 Å². The second-order valence-corrected chi connectivity index (χ2v) is 5.46. The molecule has 0 aliphatic carbocycles. The lowest BCUT2D eigenvalue weighted by molar-refractivity contribution is 0.0930. The molecule has 0 bridgehead atoms. The van der Waals surface area contributed by atoms with Gasteiger partial charge in [-0.1, -0.05) is 6.92 Å². The van der Waals surface area contributed by atoms with Gasteiger partial charge in [0.25, 0.3) is 5.91 Å². The molecule has 1 aliphatic rings. The van der Waals surface area contributed by atoms with Gasteiger partial charge in [0.05, 0.1) is 13.2 Å². The van der Waals surface area contributed by atoms with E-state index in [0.717, 1.165) is 32.4 Å². The molecule has 0 saturated carbocycles. The molecule has 130 valence electrons. The predicted octanol–water partition coefficient (Wildman–Crippen LogP) is 2.78. The third-order valence-corrected chi connectivity index (χ3v) is 3.60. The summed E-state index contributed by atoms with van der Waals surface area (Å²) in [6.45, 7) is 7.02. The first-order chi connectivity index (χ1) is 10.7. The first kappa shape index (κ1) is 19.6. The smallest absolute Gasteiger partial charge is 0.251 e. The Morgan fingerprint density at radius 3 is 2.78 bits per heavy atom. The fourth-order valence-corrected chi connectivity index (χ4v) is 2.49. The molecule has 1 atom stereocenters. The highest BCUT2D eigenvalue weighted by atomic mass is 35.5. The highest BCUT2D eigenvalue weighted by Crippen LogP contribution is 2.28. The number of rotatable bonds is 7. The number of piperidine rings is 1. The van der Waals surface area contributed by atoms with Crippen LogP contribution in [0.2, 0.25) is 0 Å². The van der Waals surface area contributed by atoms with E-state index in [1.165, 1.54) is 0 Å². The van der Waals surface area contributed by atoms with Gasteiger partial charge in [-0.2, -0.15) is 0 Å². The van der Waals surface area contributed by atoms with Gasteiger partial charge >= 0.3 is 0 Å². The van der Waals surface area contributed by atoms with Crippen LogP contribution in [0.4, 0.5) is 0 Å². The van der Waals surface area contributed by atoms with Gasteiger partial charge in [-0.05, 0) is 50.9 Å². The first-order valence-corrected chi connectivity index (χ1v) is 8.15. The molecule has 1 heterocycles. The van der Waals surface area contributed by atoms with Gasteiger partial charge in [0.1, 0.15) is 0 Å². The minimum absolute atomic E-state index is 0. The molecule has 2 rings (SSSR count). The van der Waals surface area contributed by atoms with Crippen molar-refractivity contribution in [2.75, 3.05) is 26.3 Å². The molecule has 1 aromatic rings. The maximum atomic E-state index is 12.4. The van der Waals surface area contributed by atoms with Gasteiger partial charge < -0.3 is 20.1 Å². The Kier molecular flexibility index (Phi) is 8.81. The van der Waals surface area contributed by atoms with Crippen molar-refractivity contribution in [3.05, 3.63) is 23.8 Å². The van der Waals surface area contributed by atoms with Crippen molar-refractivity contribution >= 4 is 18.3 Å². The van der Waals surface area contributed by atoms with E-state index in [4.69, 9.17) is 9.47 Å². The third-order valence-electron chi connectivity index (χ3n) is 3.60. The zero-order chi connectivity index (χ0) is 15.8. The predicted molar refractivity (Wildman–Crippen MR) is 94.0 cm³/mol. The van der Waals surface area contributed by atoms with E-state index >= 15 is 0 Å². The molecule has 1 fully saturated rings. The Morgan fingerprint density at radius 2 is 2.13 bits per heavy atom. The van der Waals surface area contributed by atoms with Crippen molar-refractivity contribution in [1.29, 1.82) is 0 Å². The van der Waals surface area contributed by atoms with Gasteiger partial charge in [-0.25, -0.2) is 0 Å². The summed E-state index contributed by atoms with van der Waals surface area (Å²) >= 11 is 0. The van der Waals surface area contributed by atoms with E-state index in [2.05, 4.69) is 17.6 Å². The molecule has 1 unspecified atom stereocenters. The number of hydrogen-bond acceptors (Lipinski definition) is 4. The monoisotopic (exact) mass is 342 g/mol. The van der Waals surface area contributed by atoms with Crippen molar-refractivity contribution in [3.63, 3.8) is 0 Å². The van der Waals surface area contributed by atoms with E-state index in [9.17, 15) is 4.79 Å². The second kappa shape index (κ2) is 10.3. The van der Waals surface area contributed by atoms with Crippen LogP contribution in [0.25, 0.3) is 0 Å². The highest BCUT2D eigenvalue weighted by molar-refractivity contribution is 5.95. The molecule has 1 saturated heterocycles. The molecule has 0 radical (unpaired) electrons. The lowest BCUT2D eigenvalue weighted by atomic mass is 10.1. The zero-order valence-corrected chi connectivity index (χ0v) is 14.7. The fourth-order valence-electron chi connectivity index (χ4n) is 2.49. The molecule has 23 heavy (non-hydrogen) atoms. The number of carbonyl (C=O) groups excluding carboxylic acids is 1. The zero-order valence-electron chi connectivity index (χ0n) is 13.9. The Morgan fingerprint density at radius 1 is 1.30 bits per heavy atom. The lowest BCUT2D eigenvalue weighted by Gasteiger charge is -2.24.